The van der Waals surface area contributed by atoms with Crippen molar-refractivity contribution in [2.24, 2.45) is 0 Å². The third-order valence-corrected chi connectivity index (χ3v) is 5.85. The van der Waals surface area contributed by atoms with Gasteiger partial charge >= 0.3 is 95.5 Å². The Kier molecular flexibility index (Phi) is 10.6. The van der Waals surface area contributed by atoms with Crippen molar-refractivity contribution < 1.29 is 145 Å². The molecule has 33 heteroatoms. The van der Waals surface area contributed by atoms with Crippen molar-refractivity contribution in [2.75, 3.05) is 0 Å². The first-order valence-corrected chi connectivity index (χ1v) is 10.1. The van der Waals surface area contributed by atoms with Gasteiger partial charge in [0.2, 0.25) is 0 Å². The van der Waals surface area contributed by atoms with Gasteiger partial charge in [-0.25, -0.2) is 13.2 Å². The number of alkyl halides is 33. The maximum atomic E-state index is 13.7. The van der Waals surface area contributed by atoms with Gasteiger partial charge in [0.1, 0.15) is 0 Å². The minimum absolute atomic E-state index is 6.48. The van der Waals surface area contributed by atoms with Gasteiger partial charge in [0.05, 0.1) is 0 Å². The third kappa shape index (κ3) is 5.19. The second-order valence-corrected chi connectivity index (χ2v) is 8.90. The van der Waals surface area contributed by atoms with Crippen molar-refractivity contribution in [1.82, 2.24) is 0 Å². The van der Waals surface area contributed by atoms with Crippen LogP contribution < -0.4 is 0 Å². The van der Waals surface area contributed by atoms with Crippen LogP contribution in [0.1, 0.15) is 0 Å². The zero-order valence-corrected chi connectivity index (χ0v) is 20.6. The standard InChI is InChI=1S/C16HF33/c17-1(18)2(19,20)4(22,23)6(26,27)8(30,31)10(34,35)12(38,39)14(42,43)13(40,41)11(36,37)9(32,33)7(28,29)5(24,25)3(21,15(44,45)46)16(47,48)49/h1H. The van der Waals surface area contributed by atoms with Crippen molar-refractivity contribution in [3.63, 3.8) is 0 Å². The van der Waals surface area contributed by atoms with Crippen molar-refractivity contribution in [2.45, 2.75) is 95.5 Å². The topological polar surface area (TPSA) is 0 Å². The summed E-state index contributed by atoms with van der Waals surface area (Å²) < 4.78 is 435. The van der Waals surface area contributed by atoms with Gasteiger partial charge in [-0.2, -0.15) is 132 Å². The normalized spacial score (nSPS) is 17.3. The van der Waals surface area contributed by atoms with Crippen LogP contribution in [0, 0.1) is 0 Å². The molecule has 0 aromatic rings. The number of halogens is 33. The minimum Gasteiger partial charge on any atom is -0.216 e. The van der Waals surface area contributed by atoms with Crippen LogP contribution in [0.25, 0.3) is 0 Å². The van der Waals surface area contributed by atoms with E-state index in [1.807, 2.05) is 0 Å². The number of hydrogen-bond acceptors (Lipinski definition) is 0. The van der Waals surface area contributed by atoms with Crippen molar-refractivity contribution in [3.05, 3.63) is 0 Å². The van der Waals surface area contributed by atoms with Crippen LogP contribution in [0.5, 0.6) is 0 Å². The van der Waals surface area contributed by atoms with E-state index in [2.05, 4.69) is 0 Å². The molecule has 0 unspecified atom stereocenters. The van der Waals surface area contributed by atoms with Crippen LogP contribution in [-0.2, 0) is 0 Å². The summed E-state index contributed by atoms with van der Waals surface area (Å²) in [4.78, 5) is 0. The van der Waals surface area contributed by atoms with E-state index < -0.39 is 95.5 Å². The van der Waals surface area contributed by atoms with Crippen LogP contribution in [-0.4, -0.2) is 95.5 Å². The summed E-state index contributed by atoms with van der Waals surface area (Å²) in [6.45, 7) is 0. The molecule has 49 heavy (non-hydrogen) atoms. The van der Waals surface area contributed by atoms with E-state index in [0.717, 1.165) is 0 Å². The SMILES string of the molecule is FC(F)C(F)(F)C(F)(F)C(F)(F)C(F)(F)C(F)(F)C(F)(F)C(F)(F)C(F)(F)C(F)(F)C(F)(F)C(F)(F)C(F)(F)C(F)(C(F)(F)F)C(F)(F)F. The molecule has 0 aromatic heterocycles. The summed E-state index contributed by atoms with van der Waals surface area (Å²) in [5, 5.41) is 0. The lowest BCUT2D eigenvalue weighted by Gasteiger charge is -2.47. The highest BCUT2D eigenvalue weighted by molar-refractivity contribution is 5.22. The van der Waals surface area contributed by atoms with Gasteiger partial charge in [0, 0.05) is 0 Å². The van der Waals surface area contributed by atoms with Gasteiger partial charge in [-0.05, 0) is 0 Å². The van der Waals surface area contributed by atoms with Crippen molar-refractivity contribution in [3.8, 4) is 0 Å². The maximum Gasteiger partial charge on any atom is 0.438 e. The van der Waals surface area contributed by atoms with Gasteiger partial charge in [0.25, 0.3) is 0 Å². The van der Waals surface area contributed by atoms with Crippen LogP contribution in [0.15, 0.2) is 0 Å². The second-order valence-electron chi connectivity index (χ2n) is 8.90. The minimum atomic E-state index is -10.2. The number of rotatable bonds is 13. The highest BCUT2D eigenvalue weighted by Crippen LogP contribution is 2.70. The molecule has 0 amide bonds. The Hall–Kier alpha value is -2.31. The van der Waals surface area contributed by atoms with E-state index in [1.54, 1.807) is 0 Å². The first kappa shape index (κ1) is 46.7. The van der Waals surface area contributed by atoms with Crippen molar-refractivity contribution >= 4 is 0 Å². The molecule has 0 fully saturated rings. The Morgan fingerprint density at radius 1 is 0.204 bits per heavy atom. The molecule has 296 valence electrons. The Balaban J connectivity index is 7.76. The van der Waals surface area contributed by atoms with E-state index in [1.165, 1.54) is 0 Å². The molecule has 0 aliphatic rings. The van der Waals surface area contributed by atoms with E-state index in [4.69, 9.17) is 0 Å². The molecule has 0 bridgehead atoms. The molecular formula is C16HF33. The molecule has 0 heterocycles. The number of hydrogen-bond donors (Lipinski definition) is 0. The van der Waals surface area contributed by atoms with E-state index in [9.17, 15) is 145 Å². The molecule has 0 spiro atoms. The highest BCUT2D eigenvalue weighted by Gasteiger charge is 3.02. The predicted octanol–water partition coefficient (Wildman–Crippen LogP) is 10.7. The average molecular weight is 820 g/mol. The van der Waals surface area contributed by atoms with Crippen LogP contribution in [0.3, 0.4) is 0 Å². The first-order chi connectivity index (χ1) is 20.4. The zero-order valence-electron chi connectivity index (χ0n) is 20.6. The molecule has 0 aliphatic carbocycles. The fourth-order valence-corrected chi connectivity index (χ4v) is 2.85. The molecule has 0 rings (SSSR count). The Labute approximate surface area is 242 Å². The van der Waals surface area contributed by atoms with Crippen LogP contribution in [0.2, 0.25) is 0 Å². The lowest BCUT2D eigenvalue weighted by atomic mass is 9.81. The van der Waals surface area contributed by atoms with Crippen LogP contribution >= 0.6 is 0 Å². The fourth-order valence-electron chi connectivity index (χ4n) is 2.85. The van der Waals surface area contributed by atoms with E-state index in [0.29, 0.717) is 0 Å². The van der Waals surface area contributed by atoms with Crippen molar-refractivity contribution in [1.29, 1.82) is 0 Å². The highest BCUT2D eigenvalue weighted by atomic mass is 19.4. The first-order valence-electron chi connectivity index (χ1n) is 10.1. The average Bonchev–Trinajstić information content (AvgIpc) is 2.85. The van der Waals surface area contributed by atoms with Gasteiger partial charge in [-0.1, -0.05) is 0 Å². The van der Waals surface area contributed by atoms with Gasteiger partial charge in [0.15, 0.2) is 0 Å². The third-order valence-electron chi connectivity index (χ3n) is 5.85. The van der Waals surface area contributed by atoms with Crippen LogP contribution in [0.4, 0.5) is 145 Å². The van der Waals surface area contributed by atoms with E-state index in [-0.39, 0.29) is 0 Å². The van der Waals surface area contributed by atoms with Gasteiger partial charge in [-0.3, -0.25) is 0 Å². The largest absolute Gasteiger partial charge is 0.438 e. The summed E-state index contributed by atoms with van der Waals surface area (Å²) >= 11 is 0. The van der Waals surface area contributed by atoms with Gasteiger partial charge in [-0.15, -0.1) is 0 Å². The monoisotopic (exact) mass is 820 g/mol. The summed E-state index contributed by atoms with van der Waals surface area (Å²) in [7, 11) is 0. The summed E-state index contributed by atoms with van der Waals surface area (Å²) in [5.41, 5.74) is -9.40. The molecule has 0 nitrogen and oxygen atoms in total. The smallest absolute Gasteiger partial charge is 0.216 e. The fraction of sp³-hybridized carbons (Fsp3) is 1.00. The lowest BCUT2D eigenvalue weighted by molar-refractivity contribution is -0.491. The van der Waals surface area contributed by atoms with Gasteiger partial charge < -0.3 is 0 Å². The Morgan fingerprint density at radius 2 is 0.347 bits per heavy atom. The molecule has 0 atom stereocenters. The lowest BCUT2D eigenvalue weighted by Crippen LogP contribution is -2.80. The Bertz CT molecular complexity index is 1180. The molecule has 0 saturated carbocycles. The molecule has 0 aromatic carbocycles. The maximum absolute atomic E-state index is 13.7. The second kappa shape index (κ2) is 11.1. The zero-order chi connectivity index (χ0) is 41.1. The molecule has 0 saturated heterocycles. The summed E-state index contributed by atoms with van der Waals surface area (Å²) in [6, 6.07) is 0. The molecule has 0 N–H and O–H groups in total. The quantitative estimate of drug-likeness (QED) is 0.162. The molecule has 0 aliphatic heterocycles. The molecule has 0 radical (unpaired) electrons. The predicted molar refractivity (Wildman–Crippen MR) is 81.3 cm³/mol. The summed E-state index contributed by atoms with van der Waals surface area (Å²) in [6.07, 6.45) is -24.2. The Morgan fingerprint density at radius 3 is 0.490 bits per heavy atom. The molecular weight excluding hydrogens is 819 g/mol. The van der Waals surface area contributed by atoms with E-state index >= 15 is 0 Å². The summed E-state index contributed by atoms with van der Waals surface area (Å²) in [5.74, 6) is -117.